The summed E-state index contributed by atoms with van der Waals surface area (Å²) in [5.41, 5.74) is 1.72. The molecule has 68 valence electrons. The van der Waals surface area contributed by atoms with Gasteiger partial charge in [-0.05, 0) is 41.6 Å². The average Bonchev–Trinajstić information content (AvgIpc) is 2.50. The van der Waals surface area contributed by atoms with E-state index in [1.54, 1.807) is 7.11 Å². The number of fused-ring (bicyclic) bond motifs is 1. The molecule has 1 heterocycles. The fourth-order valence-electron chi connectivity index (χ4n) is 1.23. The van der Waals surface area contributed by atoms with Crippen LogP contribution in [0.5, 0.6) is 5.75 Å². The number of rotatable bonds is 1. The van der Waals surface area contributed by atoms with Crippen molar-refractivity contribution in [3.8, 4) is 5.75 Å². The van der Waals surface area contributed by atoms with Crippen LogP contribution in [0.25, 0.3) is 11.0 Å². The molecular weight excluding hydrogens is 281 g/mol. The van der Waals surface area contributed by atoms with Crippen LogP contribution in [-0.4, -0.2) is 12.3 Å². The van der Waals surface area contributed by atoms with Crippen LogP contribution in [0.4, 0.5) is 0 Å². The molecule has 0 saturated heterocycles. The second-order valence-electron chi connectivity index (χ2n) is 2.73. The van der Waals surface area contributed by atoms with Crippen LogP contribution in [0.1, 0.15) is 5.69 Å². The van der Waals surface area contributed by atoms with Gasteiger partial charge in [-0.15, -0.1) is 0 Å². The molecule has 13 heavy (non-hydrogen) atoms. The molecular formula is C9H8INO2. The Morgan fingerprint density at radius 1 is 1.46 bits per heavy atom. The normalized spacial score (nSPS) is 10.7. The fourth-order valence-corrected chi connectivity index (χ4v) is 2.02. The van der Waals surface area contributed by atoms with Gasteiger partial charge in [-0.3, -0.25) is 0 Å². The smallest absolute Gasteiger partial charge is 0.184 e. The maximum absolute atomic E-state index is 5.18. The van der Waals surface area contributed by atoms with Gasteiger partial charge in [0.1, 0.15) is 9.32 Å². The number of hydrogen-bond acceptors (Lipinski definition) is 3. The zero-order chi connectivity index (χ0) is 9.42. The molecule has 0 N–H and O–H groups in total. The van der Waals surface area contributed by atoms with E-state index >= 15 is 0 Å². The Morgan fingerprint density at radius 2 is 2.23 bits per heavy atom. The maximum Gasteiger partial charge on any atom is 0.184 e. The van der Waals surface area contributed by atoms with E-state index in [1.807, 2.05) is 19.1 Å². The third-order valence-electron chi connectivity index (χ3n) is 1.95. The van der Waals surface area contributed by atoms with Crippen molar-refractivity contribution in [1.82, 2.24) is 5.16 Å². The predicted octanol–water partition coefficient (Wildman–Crippen LogP) is 2.75. The molecule has 0 atom stereocenters. The minimum Gasteiger partial charge on any atom is -0.496 e. The number of nitrogens with zero attached hydrogens (tertiary/aromatic N) is 1. The summed E-state index contributed by atoms with van der Waals surface area (Å²) in [6.07, 6.45) is 0. The zero-order valence-electron chi connectivity index (χ0n) is 7.30. The first-order chi connectivity index (χ1) is 6.24. The number of halogens is 1. The van der Waals surface area contributed by atoms with E-state index in [9.17, 15) is 0 Å². The molecule has 0 amide bonds. The van der Waals surface area contributed by atoms with Gasteiger partial charge in [0.2, 0.25) is 0 Å². The number of ether oxygens (including phenoxy) is 1. The first-order valence-electron chi connectivity index (χ1n) is 3.82. The molecule has 0 saturated carbocycles. The molecule has 4 heteroatoms. The highest BCUT2D eigenvalue weighted by Gasteiger charge is 2.11. The van der Waals surface area contributed by atoms with E-state index in [2.05, 4.69) is 27.7 Å². The van der Waals surface area contributed by atoms with E-state index in [0.29, 0.717) is 0 Å². The van der Waals surface area contributed by atoms with E-state index < -0.39 is 0 Å². The summed E-state index contributed by atoms with van der Waals surface area (Å²) in [4.78, 5) is 0. The van der Waals surface area contributed by atoms with E-state index in [1.165, 1.54) is 0 Å². The third kappa shape index (κ3) is 1.29. The minimum atomic E-state index is 0.803. The highest BCUT2D eigenvalue weighted by molar-refractivity contribution is 14.1. The Hall–Kier alpha value is -0.780. The van der Waals surface area contributed by atoms with Crippen molar-refractivity contribution in [2.24, 2.45) is 0 Å². The lowest BCUT2D eigenvalue weighted by Crippen LogP contribution is -1.86. The maximum atomic E-state index is 5.18. The van der Waals surface area contributed by atoms with Crippen molar-refractivity contribution in [3.05, 3.63) is 21.4 Å². The van der Waals surface area contributed by atoms with Gasteiger partial charge in [-0.2, -0.15) is 0 Å². The van der Waals surface area contributed by atoms with Crippen LogP contribution in [0, 0.1) is 10.5 Å². The summed E-state index contributed by atoms with van der Waals surface area (Å²) in [6.45, 7) is 1.92. The van der Waals surface area contributed by atoms with Crippen molar-refractivity contribution in [3.63, 3.8) is 0 Å². The molecule has 2 aromatic rings. The summed E-state index contributed by atoms with van der Waals surface area (Å²) in [5.74, 6) is 0.823. The van der Waals surface area contributed by atoms with Crippen LogP contribution in [0.15, 0.2) is 16.7 Å². The lowest BCUT2D eigenvalue weighted by atomic mass is 10.2. The highest BCUT2D eigenvalue weighted by atomic mass is 127. The van der Waals surface area contributed by atoms with Gasteiger partial charge in [0, 0.05) is 5.39 Å². The first-order valence-corrected chi connectivity index (χ1v) is 4.90. The minimum absolute atomic E-state index is 0.803. The van der Waals surface area contributed by atoms with E-state index in [4.69, 9.17) is 9.26 Å². The lowest BCUT2D eigenvalue weighted by molar-refractivity contribution is 0.407. The Bertz CT molecular complexity index is 450. The molecule has 0 fully saturated rings. The molecule has 0 spiro atoms. The van der Waals surface area contributed by atoms with Crippen molar-refractivity contribution in [2.45, 2.75) is 6.92 Å². The van der Waals surface area contributed by atoms with Crippen molar-refractivity contribution in [2.75, 3.05) is 7.11 Å². The van der Waals surface area contributed by atoms with Gasteiger partial charge in [0.05, 0.1) is 12.8 Å². The summed E-state index contributed by atoms with van der Waals surface area (Å²) >= 11 is 2.19. The largest absolute Gasteiger partial charge is 0.496 e. The van der Waals surface area contributed by atoms with E-state index in [0.717, 1.165) is 26.0 Å². The van der Waals surface area contributed by atoms with Crippen molar-refractivity contribution in [1.29, 1.82) is 0 Å². The molecule has 2 rings (SSSR count). The summed E-state index contributed by atoms with van der Waals surface area (Å²) in [5, 5.41) is 4.94. The second-order valence-corrected chi connectivity index (χ2v) is 3.81. The van der Waals surface area contributed by atoms with Crippen LogP contribution in [0.2, 0.25) is 0 Å². The van der Waals surface area contributed by atoms with Gasteiger partial charge in [-0.1, -0.05) is 5.16 Å². The quantitative estimate of drug-likeness (QED) is 0.757. The number of aromatic nitrogens is 1. The molecule has 0 radical (unpaired) electrons. The molecule has 0 aliphatic heterocycles. The lowest BCUT2D eigenvalue weighted by Gasteiger charge is -2.01. The Morgan fingerprint density at radius 3 is 2.92 bits per heavy atom. The molecule has 0 bridgehead atoms. The number of hydrogen-bond donors (Lipinski definition) is 0. The Kier molecular flexibility index (Phi) is 2.15. The predicted molar refractivity (Wildman–Crippen MR) is 58.0 cm³/mol. The van der Waals surface area contributed by atoms with Crippen LogP contribution >= 0.6 is 22.6 Å². The SMILES string of the molecule is COc1ccc2c(C)noc2c1I. The summed E-state index contributed by atoms with van der Waals surface area (Å²) < 4.78 is 11.3. The topological polar surface area (TPSA) is 35.3 Å². The van der Waals surface area contributed by atoms with Gasteiger partial charge in [-0.25, -0.2) is 0 Å². The highest BCUT2D eigenvalue weighted by Crippen LogP contribution is 2.30. The molecule has 1 aromatic carbocycles. The molecule has 0 aliphatic rings. The van der Waals surface area contributed by atoms with Crippen LogP contribution in [0.3, 0.4) is 0 Å². The van der Waals surface area contributed by atoms with Gasteiger partial charge in [0.25, 0.3) is 0 Å². The number of aryl methyl sites for hydroxylation is 1. The molecule has 0 unspecified atom stereocenters. The van der Waals surface area contributed by atoms with Crippen LogP contribution < -0.4 is 4.74 Å². The van der Waals surface area contributed by atoms with E-state index in [-0.39, 0.29) is 0 Å². The number of benzene rings is 1. The standard InChI is InChI=1S/C9H8INO2/c1-5-6-3-4-7(12-2)8(10)9(6)13-11-5/h3-4H,1-2H3. The van der Waals surface area contributed by atoms with Gasteiger partial charge in [0.15, 0.2) is 5.58 Å². The third-order valence-corrected chi connectivity index (χ3v) is 2.97. The molecule has 1 aromatic heterocycles. The average molecular weight is 289 g/mol. The van der Waals surface area contributed by atoms with Crippen LogP contribution in [-0.2, 0) is 0 Å². The molecule has 3 nitrogen and oxygen atoms in total. The van der Waals surface area contributed by atoms with Crippen molar-refractivity contribution >= 4 is 33.6 Å². The fraction of sp³-hybridized carbons (Fsp3) is 0.222. The zero-order valence-corrected chi connectivity index (χ0v) is 9.45. The summed E-state index contributed by atoms with van der Waals surface area (Å²) in [6, 6.07) is 3.89. The van der Waals surface area contributed by atoms with Gasteiger partial charge < -0.3 is 9.26 Å². The Balaban J connectivity index is 2.80. The van der Waals surface area contributed by atoms with Gasteiger partial charge >= 0.3 is 0 Å². The second kappa shape index (κ2) is 3.17. The monoisotopic (exact) mass is 289 g/mol. The Labute approximate surface area is 89.2 Å². The number of methoxy groups -OCH3 is 1. The molecule has 0 aliphatic carbocycles. The van der Waals surface area contributed by atoms with Crippen molar-refractivity contribution < 1.29 is 9.26 Å². The summed E-state index contributed by atoms with van der Waals surface area (Å²) in [7, 11) is 1.65. The first kappa shape index (κ1) is 8.80.